The van der Waals surface area contributed by atoms with Crippen molar-refractivity contribution < 1.29 is 9.66 Å². The fourth-order valence-electron chi connectivity index (χ4n) is 1.66. The van der Waals surface area contributed by atoms with Crippen molar-refractivity contribution in [2.75, 3.05) is 0 Å². The molecule has 0 aromatic heterocycles. The van der Waals surface area contributed by atoms with E-state index in [1.807, 2.05) is 6.92 Å². The third-order valence-corrected chi connectivity index (χ3v) is 3.11. The molecule has 0 aliphatic carbocycles. The zero-order chi connectivity index (χ0) is 11.0. The number of benzene rings is 1. The van der Waals surface area contributed by atoms with Crippen LogP contribution in [0.25, 0.3) is 0 Å². The fourth-order valence-corrected chi connectivity index (χ4v) is 2.20. The highest BCUT2D eigenvalue weighted by atomic mass is 79.9. The van der Waals surface area contributed by atoms with E-state index in [2.05, 4.69) is 15.9 Å². The van der Waals surface area contributed by atoms with Gasteiger partial charge in [0, 0.05) is 0 Å². The Bertz CT molecular complexity index is 419. The number of halogens is 1. The summed E-state index contributed by atoms with van der Waals surface area (Å²) in [6, 6.07) is 3.27. The Labute approximate surface area is 95.5 Å². The van der Waals surface area contributed by atoms with Gasteiger partial charge in [-0.3, -0.25) is 10.1 Å². The van der Waals surface area contributed by atoms with Crippen molar-refractivity contribution in [1.82, 2.24) is 0 Å². The second kappa shape index (κ2) is 3.81. The van der Waals surface area contributed by atoms with Gasteiger partial charge in [0.2, 0.25) is 0 Å². The standard InChI is InChI=1S/C10H10BrNO3/c1-6-2-3-7-4-8(11)9(12(13)14)5-10(7)15-6/h4-6H,2-3H2,1H3. The van der Waals surface area contributed by atoms with Gasteiger partial charge in [-0.25, -0.2) is 0 Å². The van der Waals surface area contributed by atoms with E-state index in [1.54, 1.807) is 6.07 Å². The Kier molecular flexibility index (Phi) is 2.65. The molecule has 1 aromatic rings. The highest BCUT2D eigenvalue weighted by molar-refractivity contribution is 9.10. The molecule has 1 heterocycles. The summed E-state index contributed by atoms with van der Waals surface area (Å²) in [5, 5.41) is 10.7. The SMILES string of the molecule is CC1CCc2cc(Br)c([N+](=O)[O-])cc2O1. The van der Waals surface area contributed by atoms with E-state index in [-0.39, 0.29) is 11.8 Å². The minimum atomic E-state index is -0.410. The number of hydrogen-bond donors (Lipinski definition) is 0. The third-order valence-electron chi connectivity index (χ3n) is 2.48. The number of nitrogens with zero attached hydrogens (tertiary/aromatic N) is 1. The first-order valence-corrected chi connectivity index (χ1v) is 5.50. The van der Waals surface area contributed by atoms with Crippen LogP contribution in [-0.2, 0) is 6.42 Å². The highest BCUT2D eigenvalue weighted by Gasteiger charge is 2.22. The summed E-state index contributed by atoms with van der Waals surface area (Å²) < 4.78 is 6.07. The van der Waals surface area contributed by atoms with Gasteiger partial charge in [-0.05, 0) is 47.3 Å². The van der Waals surface area contributed by atoms with Crippen molar-refractivity contribution in [3.63, 3.8) is 0 Å². The van der Waals surface area contributed by atoms with Crippen LogP contribution in [0.15, 0.2) is 16.6 Å². The summed E-state index contributed by atoms with van der Waals surface area (Å²) in [6.07, 6.45) is 2.00. The Morgan fingerprint density at radius 2 is 2.33 bits per heavy atom. The molecular weight excluding hydrogens is 262 g/mol. The van der Waals surface area contributed by atoms with Gasteiger partial charge in [-0.15, -0.1) is 0 Å². The van der Waals surface area contributed by atoms with Crippen LogP contribution in [0.2, 0.25) is 0 Å². The lowest BCUT2D eigenvalue weighted by atomic mass is 10.0. The lowest BCUT2D eigenvalue weighted by molar-refractivity contribution is -0.385. The minimum absolute atomic E-state index is 0.0582. The van der Waals surface area contributed by atoms with Gasteiger partial charge in [0.15, 0.2) is 0 Å². The van der Waals surface area contributed by atoms with Crippen LogP contribution < -0.4 is 4.74 Å². The van der Waals surface area contributed by atoms with Gasteiger partial charge in [-0.2, -0.15) is 0 Å². The van der Waals surface area contributed by atoms with E-state index in [1.165, 1.54) is 6.07 Å². The average molecular weight is 272 g/mol. The first-order chi connectivity index (χ1) is 7.08. The number of nitro groups is 1. The van der Waals surface area contributed by atoms with Crippen molar-refractivity contribution in [1.29, 1.82) is 0 Å². The first-order valence-electron chi connectivity index (χ1n) is 4.71. The van der Waals surface area contributed by atoms with Crippen molar-refractivity contribution in [2.45, 2.75) is 25.9 Å². The van der Waals surface area contributed by atoms with Gasteiger partial charge in [0.25, 0.3) is 5.69 Å². The number of aryl methyl sites for hydroxylation is 1. The predicted octanol–water partition coefficient (Wildman–Crippen LogP) is 3.07. The molecule has 2 rings (SSSR count). The van der Waals surface area contributed by atoms with Gasteiger partial charge in [0.1, 0.15) is 5.75 Å². The van der Waals surface area contributed by atoms with Crippen LogP contribution in [0.4, 0.5) is 5.69 Å². The molecule has 0 spiro atoms. The van der Waals surface area contributed by atoms with Crippen molar-refractivity contribution in [2.24, 2.45) is 0 Å². The van der Waals surface area contributed by atoms with Crippen molar-refractivity contribution in [3.05, 3.63) is 32.3 Å². The molecule has 4 nitrogen and oxygen atoms in total. The number of fused-ring (bicyclic) bond motifs is 1. The number of ether oxygens (including phenoxy) is 1. The molecule has 0 radical (unpaired) electrons. The smallest absolute Gasteiger partial charge is 0.287 e. The monoisotopic (exact) mass is 271 g/mol. The molecule has 80 valence electrons. The fraction of sp³-hybridized carbons (Fsp3) is 0.400. The summed E-state index contributed by atoms with van der Waals surface area (Å²) in [5.74, 6) is 0.642. The molecule has 0 amide bonds. The number of rotatable bonds is 1. The van der Waals surface area contributed by atoms with E-state index in [0.29, 0.717) is 10.2 Å². The van der Waals surface area contributed by atoms with Crippen molar-refractivity contribution >= 4 is 21.6 Å². The summed E-state index contributed by atoms with van der Waals surface area (Å²) in [6.45, 7) is 1.97. The molecular formula is C10H10BrNO3. The maximum Gasteiger partial charge on any atom is 0.287 e. The van der Waals surface area contributed by atoms with Gasteiger partial charge < -0.3 is 4.74 Å². The number of nitro benzene ring substituents is 1. The van der Waals surface area contributed by atoms with Crippen LogP contribution in [-0.4, -0.2) is 11.0 Å². The second-order valence-corrected chi connectivity index (χ2v) is 4.49. The van der Waals surface area contributed by atoms with Gasteiger partial charge >= 0.3 is 0 Å². The predicted molar refractivity (Wildman–Crippen MR) is 59.2 cm³/mol. The van der Waals surface area contributed by atoms with E-state index >= 15 is 0 Å². The Balaban J connectivity index is 2.47. The summed E-state index contributed by atoms with van der Waals surface area (Å²) in [7, 11) is 0. The van der Waals surface area contributed by atoms with Gasteiger partial charge in [0.05, 0.1) is 21.6 Å². The van der Waals surface area contributed by atoms with E-state index < -0.39 is 4.92 Å². The average Bonchev–Trinajstić information content (AvgIpc) is 2.17. The zero-order valence-electron chi connectivity index (χ0n) is 8.20. The first kappa shape index (κ1) is 10.4. The topological polar surface area (TPSA) is 52.4 Å². The molecule has 0 saturated heterocycles. The largest absolute Gasteiger partial charge is 0.490 e. The Morgan fingerprint density at radius 3 is 3.00 bits per heavy atom. The molecule has 0 fully saturated rings. The summed E-state index contributed by atoms with van der Waals surface area (Å²) in [4.78, 5) is 10.3. The highest BCUT2D eigenvalue weighted by Crippen LogP contribution is 2.36. The second-order valence-electron chi connectivity index (χ2n) is 3.64. The lowest BCUT2D eigenvalue weighted by Gasteiger charge is -2.23. The van der Waals surface area contributed by atoms with E-state index in [4.69, 9.17) is 4.74 Å². The Hall–Kier alpha value is -1.10. The molecule has 0 saturated carbocycles. The normalized spacial score (nSPS) is 19.2. The maximum absolute atomic E-state index is 10.7. The van der Waals surface area contributed by atoms with Crippen LogP contribution >= 0.6 is 15.9 Å². The quantitative estimate of drug-likeness (QED) is 0.583. The van der Waals surface area contributed by atoms with Crippen LogP contribution in [0.1, 0.15) is 18.9 Å². The molecule has 1 atom stereocenters. The molecule has 0 bridgehead atoms. The van der Waals surface area contributed by atoms with Crippen LogP contribution in [0, 0.1) is 10.1 Å². The van der Waals surface area contributed by atoms with E-state index in [0.717, 1.165) is 18.4 Å². The molecule has 15 heavy (non-hydrogen) atoms. The zero-order valence-corrected chi connectivity index (χ0v) is 9.78. The number of hydrogen-bond acceptors (Lipinski definition) is 3. The molecule has 1 aromatic carbocycles. The summed E-state index contributed by atoms with van der Waals surface area (Å²) >= 11 is 3.19. The van der Waals surface area contributed by atoms with Crippen LogP contribution in [0.5, 0.6) is 5.75 Å². The maximum atomic E-state index is 10.7. The minimum Gasteiger partial charge on any atom is -0.490 e. The molecule has 0 N–H and O–H groups in total. The molecule has 5 heteroatoms. The van der Waals surface area contributed by atoms with Gasteiger partial charge in [-0.1, -0.05) is 0 Å². The molecule has 1 aliphatic heterocycles. The van der Waals surface area contributed by atoms with Crippen LogP contribution in [0.3, 0.4) is 0 Å². The summed E-state index contributed by atoms with van der Waals surface area (Å²) in [5.41, 5.74) is 1.09. The van der Waals surface area contributed by atoms with Crippen molar-refractivity contribution in [3.8, 4) is 5.75 Å². The Morgan fingerprint density at radius 1 is 1.60 bits per heavy atom. The molecule has 1 aliphatic rings. The third kappa shape index (κ3) is 1.97. The molecule has 1 unspecified atom stereocenters. The lowest BCUT2D eigenvalue weighted by Crippen LogP contribution is -2.18. The van der Waals surface area contributed by atoms with E-state index in [9.17, 15) is 10.1 Å².